The molecule has 10 rings (SSSR count). The number of hydrogen-bond donors (Lipinski definition) is 0. The average Bonchev–Trinajstić information content (AvgIpc) is 3.53. The predicted octanol–water partition coefficient (Wildman–Crippen LogP) is 9.57. The summed E-state index contributed by atoms with van der Waals surface area (Å²) in [5.74, 6) is 2.51. The maximum Gasteiger partial charge on any atom is 2.00 e. The molecule has 0 spiro atoms. The Hall–Kier alpha value is -6.20. The van der Waals surface area contributed by atoms with Gasteiger partial charge in [-0.15, -0.1) is 71.8 Å². The summed E-state index contributed by atoms with van der Waals surface area (Å²) in [6.45, 7) is 0. The maximum atomic E-state index is 6.34. The summed E-state index contributed by atoms with van der Waals surface area (Å²) in [6.07, 6.45) is 6.88. The largest absolute Gasteiger partial charge is 2.00 e. The Kier molecular flexibility index (Phi) is 9.95. The van der Waals surface area contributed by atoms with E-state index < -0.39 is 0 Å². The van der Waals surface area contributed by atoms with Crippen molar-refractivity contribution in [2.45, 2.75) is 0 Å². The summed E-state index contributed by atoms with van der Waals surface area (Å²) in [7, 11) is 0. The van der Waals surface area contributed by atoms with Crippen molar-refractivity contribution < 1.29 is 50.3 Å². The molecule has 0 amide bonds. The summed E-state index contributed by atoms with van der Waals surface area (Å²) in [5, 5.41) is 3.80. The number of ether oxygens (including phenoxy) is 2. The number of nitrogens with zero attached hydrogens (tertiary/aromatic N) is 7. The molecule has 0 saturated carbocycles. The number of hydrogen-bond acceptors (Lipinski definition) is 8. The minimum Gasteiger partial charge on any atom is -0.503 e. The third-order valence-electron chi connectivity index (χ3n) is 8.74. The molecule has 0 saturated heterocycles. The first kappa shape index (κ1) is 35.8. The van der Waals surface area contributed by atoms with Crippen molar-refractivity contribution >= 4 is 43.9 Å². The number of pyridine rings is 4. The molecule has 10 aromatic rings. The smallest absolute Gasteiger partial charge is 0.503 e. The van der Waals surface area contributed by atoms with Gasteiger partial charge in [0.2, 0.25) is 5.95 Å². The quantitative estimate of drug-likeness (QED) is 0.115. The Balaban J connectivity index is 0.00000214. The van der Waals surface area contributed by atoms with E-state index in [1.54, 1.807) is 30.9 Å². The molecule has 4 aromatic carbocycles. The van der Waals surface area contributed by atoms with Crippen LogP contribution in [0.4, 0.5) is 0 Å². The van der Waals surface area contributed by atoms with Crippen LogP contribution in [0, 0.1) is 24.3 Å². The molecule has 0 unspecified atom stereocenters. The molecule has 0 aliphatic rings. The minimum atomic E-state index is 0. The van der Waals surface area contributed by atoms with Crippen LogP contribution in [-0.2, 0) is 40.8 Å². The van der Waals surface area contributed by atoms with Crippen molar-refractivity contribution in [3.63, 3.8) is 0 Å². The number of rotatable bonds is 7. The van der Waals surface area contributed by atoms with Gasteiger partial charge in [-0.3, -0.25) is 9.97 Å². The molecule has 0 aliphatic heterocycles. The van der Waals surface area contributed by atoms with Gasteiger partial charge in [0.25, 0.3) is 0 Å². The second-order valence-electron chi connectivity index (χ2n) is 12.1. The van der Waals surface area contributed by atoms with E-state index in [-0.39, 0.29) is 40.8 Å². The second-order valence-corrected chi connectivity index (χ2v) is 12.1. The Labute approximate surface area is 342 Å². The predicted molar refractivity (Wildman–Crippen MR) is 202 cm³/mol. The summed E-state index contributed by atoms with van der Waals surface area (Å²) in [5.41, 5.74) is 5.88. The molecule has 0 N–H and O–H groups in total. The summed E-state index contributed by atoms with van der Waals surface area (Å²) in [4.78, 5) is 27.4. The van der Waals surface area contributed by atoms with E-state index in [9.17, 15) is 0 Å². The SMILES string of the molecule is [Pd+2].[Pd+2].[c-]1c(Oc2[c-]c3c(cc2)c2ccc(Oc4[c-]c(-c5ccc6cccnc6n5)ccc4)[c-]c2n3-c2ncccn2)cccc1-c1ccc2cccnc2n1. The van der Waals surface area contributed by atoms with Crippen LogP contribution in [0.1, 0.15) is 0 Å². The molecular weight excluding hydrogens is 871 g/mol. The summed E-state index contributed by atoms with van der Waals surface area (Å²) >= 11 is 0. The molecule has 0 aliphatic carbocycles. The monoisotopic (exact) mass is 893 g/mol. The minimum absolute atomic E-state index is 0. The van der Waals surface area contributed by atoms with Gasteiger partial charge < -0.3 is 14.0 Å². The molecule has 9 nitrogen and oxygen atoms in total. The second kappa shape index (κ2) is 15.3. The normalized spacial score (nSPS) is 11.0. The van der Waals surface area contributed by atoms with Crippen molar-refractivity contribution in [1.82, 2.24) is 34.5 Å². The van der Waals surface area contributed by atoms with E-state index in [4.69, 9.17) is 19.4 Å². The van der Waals surface area contributed by atoms with Crippen LogP contribution >= 0.6 is 0 Å². The van der Waals surface area contributed by atoms with E-state index in [1.165, 1.54) is 0 Å². The van der Waals surface area contributed by atoms with Gasteiger partial charge in [-0.05, 0) is 41.7 Å². The van der Waals surface area contributed by atoms with Crippen molar-refractivity contribution in [3.05, 3.63) is 164 Å². The van der Waals surface area contributed by atoms with Gasteiger partial charge in [0, 0.05) is 58.6 Å². The topological polar surface area (TPSA) is 101 Å². The van der Waals surface area contributed by atoms with Crippen LogP contribution in [-0.4, -0.2) is 34.5 Å². The zero-order valence-corrected chi connectivity index (χ0v) is 31.5. The van der Waals surface area contributed by atoms with E-state index in [1.807, 2.05) is 114 Å². The zero-order valence-electron chi connectivity index (χ0n) is 28.4. The van der Waals surface area contributed by atoms with Crippen LogP contribution < -0.4 is 9.47 Å². The van der Waals surface area contributed by atoms with E-state index in [0.29, 0.717) is 40.2 Å². The Morgan fingerprint density at radius 1 is 0.418 bits per heavy atom. The first-order valence-electron chi connectivity index (χ1n) is 16.8. The average molecular weight is 895 g/mol. The standard InChI is InChI=1S/C44H23N7O2.2Pd/c1-6-30(38-18-12-28-8-3-20-45-42(28)49-38)24-32(10-1)52-34-14-16-36-37-17-15-35(27-41(37)51(40(36)26-34)44-47-22-5-23-48-44)53-33-11-2-7-31(25-33)39-19-13-29-9-4-21-46-43(29)50-39;;/h1-23H;;/q-4;2*+2. The summed E-state index contributed by atoms with van der Waals surface area (Å²) < 4.78 is 14.6. The molecular formula is C44H23N7O2Pd2. The van der Waals surface area contributed by atoms with Gasteiger partial charge in [0.05, 0.1) is 0 Å². The molecule has 0 radical (unpaired) electrons. The van der Waals surface area contributed by atoms with Crippen LogP contribution in [0.5, 0.6) is 23.0 Å². The van der Waals surface area contributed by atoms with Crippen LogP contribution in [0.25, 0.3) is 72.3 Å². The molecule has 0 fully saturated rings. The van der Waals surface area contributed by atoms with E-state index in [0.717, 1.165) is 55.1 Å². The van der Waals surface area contributed by atoms with Crippen LogP contribution in [0.3, 0.4) is 0 Å². The summed E-state index contributed by atoms with van der Waals surface area (Å²) in [6, 6.07) is 50.3. The number of aromatic nitrogens is 7. The molecule has 266 valence electrons. The van der Waals surface area contributed by atoms with Crippen molar-refractivity contribution in [2.75, 3.05) is 0 Å². The van der Waals surface area contributed by atoms with Gasteiger partial charge >= 0.3 is 40.8 Å². The van der Waals surface area contributed by atoms with E-state index in [2.05, 4.69) is 44.2 Å². The molecule has 6 heterocycles. The van der Waals surface area contributed by atoms with Crippen molar-refractivity contribution in [3.8, 4) is 51.5 Å². The van der Waals surface area contributed by atoms with E-state index >= 15 is 0 Å². The molecule has 0 atom stereocenters. The fraction of sp³-hybridized carbons (Fsp3) is 0. The Morgan fingerprint density at radius 2 is 0.891 bits per heavy atom. The Bertz CT molecular complexity index is 2810. The first-order valence-corrected chi connectivity index (χ1v) is 16.8. The third-order valence-corrected chi connectivity index (χ3v) is 8.74. The van der Waals surface area contributed by atoms with Gasteiger partial charge in [0.15, 0.2) is 0 Å². The zero-order chi connectivity index (χ0) is 35.1. The fourth-order valence-corrected chi connectivity index (χ4v) is 6.31. The number of benzene rings is 4. The molecule has 55 heavy (non-hydrogen) atoms. The number of fused-ring (bicyclic) bond motifs is 5. The van der Waals surface area contributed by atoms with Gasteiger partial charge in [-0.25, -0.2) is 19.9 Å². The first-order chi connectivity index (χ1) is 26.2. The van der Waals surface area contributed by atoms with Crippen molar-refractivity contribution in [1.29, 1.82) is 0 Å². The van der Waals surface area contributed by atoms with Gasteiger partial charge in [-0.1, -0.05) is 47.4 Å². The fourth-order valence-electron chi connectivity index (χ4n) is 6.31. The van der Waals surface area contributed by atoms with Crippen molar-refractivity contribution in [2.24, 2.45) is 0 Å². The van der Waals surface area contributed by atoms with Gasteiger partial charge in [-0.2, -0.15) is 22.9 Å². The van der Waals surface area contributed by atoms with Crippen LogP contribution in [0.15, 0.2) is 140 Å². The van der Waals surface area contributed by atoms with Crippen LogP contribution in [0.2, 0.25) is 0 Å². The third kappa shape index (κ3) is 6.99. The molecule has 6 aromatic heterocycles. The molecule has 0 bridgehead atoms. The molecule has 11 heteroatoms. The Morgan fingerprint density at radius 3 is 1.40 bits per heavy atom. The van der Waals surface area contributed by atoms with Gasteiger partial charge in [0.1, 0.15) is 11.3 Å². The maximum absolute atomic E-state index is 6.34.